The van der Waals surface area contributed by atoms with Crippen molar-refractivity contribution < 1.29 is 29.2 Å². The van der Waals surface area contributed by atoms with Gasteiger partial charge in [-0.3, -0.25) is 0 Å². The largest absolute Gasteiger partial charge is 0.453 e. The molecule has 0 unspecified atom stereocenters. The van der Waals surface area contributed by atoms with Crippen molar-refractivity contribution in [2.75, 3.05) is 6.61 Å². The maximum absolute atomic E-state index is 11.9. The number of benzene rings is 1. The van der Waals surface area contributed by atoms with Crippen LogP contribution in [0.1, 0.15) is 10.4 Å². The number of aliphatic hydroxyl groups is 2. The average molecular weight is 266 g/mol. The number of hydrogen-bond acceptors (Lipinski definition) is 6. The van der Waals surface area contributed by atoms with E-state index in [-0.39, 0.29) is 6.61 Å². The number of carbonyl (C=O) groups is 1. The van der Waals surface area contributed by atoms with Crippen molar-refractivity contribution in [1.82, 2.24) is 0 Å². The normalized spacial score (nSPS) is 37.1. The second-order valence-electron chi connectivity index (χ2n) is 4.59. The summed E-state index contributed by atoms with van der Waals surface area (Å²) in [5.74, 6) is -0.564. The number of hydrogen-bond donors (Lipinski definition) is 2. The molecule has 0 spiro atoms. The summed E-state index contributed by atoms with van der Waals surface area (Å²) in [5, 5.41) is 19.7. The van der Waals surface area contributed by atoms with Crippen LogP contribution in [0.5, 0.6) is 0 Å². The van der Waals surface area contributed by atoms with Gasteiger partial charge >= 0.3 is 5.97 Å². The van der Waals surface area contributed by atoms with Gasteiger partial charge in [-0.1, -0.05) is 18.2 Å². The quantitative estimate of drug-likeness (QED) is 0.714. The Bertz CT molecular complexity index is 461. The minimum atomic E-state index is -1.22. The van der Waals surface area contributed by atoms with Gasteiger partial charge in [-0.05, 0) is 12.1 Å². The Morgan fingerprint density at radius 3 is 2.68 bits per heavy atom. The first kappa shape index (κ1) is 12.6. The first-order valence-electron chi connectivity index (χ1n) is 6.06. The number of aliphatic hydroxyl groups excluding tert-OH is 2. The standard InChI is InChI=1S/C13H14O6/c14-9-10(15)13-17-6-8(18-13)11(9)19-12(16)7-4-2-1-3-5-7/h1-5,8-11,13-15H,6H2/t8-,9-,10+,11-,13-/m1/s1. The van der Waals surface area contributed by atoms with Crippen molar-refractivity contribution in [3.05, 3.63) is 35.9 Å². The van der Waals surface area contributed by atoms with E-state index in [1.54, 1.807) is 30.3 Å². The molecule has 0 aromatic heterocycles. The highest BCUT2D eigenvalue weighted by Crippen LogP contribution is 2.30. The van der Waals surface area contributed by atoms with E-state index < -0.39 is 36.7 Å². The van der Waals surface area contributed by atoms with E-state index in [0.717, 1.165) is 0 Å². The van der Waals surface area contributed by atoms with Gasteiger partial charge in [-0.2, -0.15) is 0 Å². The fourth-order valence-electron chi connectivity index (χ4n) is 2.28. The summed E-state index contributed by atoms with van der Waals surface area (Å²) in [4.78, 5) is 11.9. The van der Waals surface area contributed by atoms with E-state index >= 15 is 0 Å². The molecule has 6 heteroatoms. The SMILES string of the molecule is O=C(O[C@H]1[C@H](O)[C@H](O)[C@@H]2OC[C@H]1O2)c1ccccc1. The molecule has 1 aromatic carbocycles. The molecular weight excluding hydrogens is 252 g/mol. The third kappa shape index (κ3) is 2.23. The van der Waals surface area contributed by atoms with E-state index in [1.165, 1.54) is 0 Å². The van der Waals surface area contributed by atoms with E-state index in [1.807, 2.05) is 0 Å². The maximum atomic E-state index is 11.9. The summed E-state index contributed by atoms with van der Waals surface area (Å²) in [7, 11) is 0. The molecule has 0 amide bonds. The molecule has 2 fully saturated rings. The zero-order chi connectivity index (χ0) is 13.4. The molecule has 2 N–H and O–H groups in total. The Morgan fingerprint density at radius 2 is 1.95 bits per heavy atom. The van der Waals surface area contributed by atoms with Crippen molar-refractivity contribution in [2.24, 2.45) is 0 Å². The van der Waals surface area contributed by atoms with Crippen LogP contribution in [0.4, 0.5) is 0 Å². The van der Waals surface area contributed by atoms with E-state index in [0.29, 0.717) is 5.56 Å². The molecule has 2 saturated heterocycles. The maximum Gasteiger partial charge on any atom is 0.338 e. The lowest BCUT2D eigenvalue weighted by Crippen LogP contribution is -2.55. The van der Waals surface area contributed by atoms with Crippen molar-refractivity contribution in [2.45, 2.75) is 30.7 Å². The van der Waals surface area contributed by atoms with Crippen molar-refractivity contribution in [3.63, 3.8) is 0 Å². The van der Waals surface area contributed by atoms with Gasteiger partial charge in [0.15, 0.2) is 12.4 Å². The number of fused-ring (bicyclic) bond motifs is 2. The number of carbonyl (C=O) groups excluding carboxylic acids is 1. The Balaban J connectivity index is 1.74. The van der Waals surface area contributed by atoms with Gasteiger partial charge in [0.2, 0.25) is 0 Å². The zero-order valence-corrected chi connectivity index (χ0v) is 10.0. The molecule has 2 aliphatic rings. The highest BCUT2D eigenvalue weighted by atomic mass is 16.7. The van der Waals surface area contributed by atoms with Crippen molar-refractivity contribution >= 4 is 5.97 Å². The molecule has 5 atom stereocenters. The summed E-state index contributed by atoms with van der Waals surface area (Å²) in [5.41, 5.74) is 0.380. The summed E-state index contributed by atoms with van der Waals surface area (Å²) < 4.78 is 15.7. The molecule has 19 heavy (non-hydrogen) atoms. The monoisotopic (exact) mass is 266 g/mol. The van der Waals surface area contributed by atoms with Gasteiger partial charge in [0.05, 0.1) is 12.2 Å². The van der Waals surface area contributed by atoms with Crippen LogP contribution in [0.15, 0.2) is 30.3 Å². The molecule has 3 rings (SSSR count). The first-order chi connectivity index (χ1) is 9.16. The summed E-state index contributed by atoms with van der Waals surface area (Å²) >= 11 is 0. The smallest absolute Gasteiger partial charge is 0.338 e. The molecule has 102 valence electrons. The Hall–Kier alpha value is -1.47. The van der Waals surface area contributed by atoms with E-state index in [2.05, 4.69) is 0 Å². The number of esters is 1. The lowest BCUT2D eigenvalue weighted by Gasteiger charge is -2.34. The first-order valence-corrected chi connectivity index (χ1v) is 6.06. The molecule has 1 aromatic rings. The van der Waals surface area contributed by atoms with Crippen LogP contribution >= 0.6 is 0 Å². The third-order valence-corrected chi connectivity index (χ3v) is 3.32. The van der Waals surface area contributed by atoms with Gasteiger partial charge in [-0.15, -0.1) is 0 Å². The zero-order valence-electron chi connectivity index (χ0n) is 10.0. The van der Waals surface area contributed by atoms with Gasteiger partial charge < -0.3 is 24.4 Å². The van der Waals surface area contributed by atoms with Crippen LogP contribution in [-0.2, 0) is 14.2 Å². The van der Waals surface area contributed by atoms with Gasteiger partial charge in [-0.25, -0.2) is 4.79 Å². The van der Waals surface area contributed by atoms with Crippen molar-refractivity contribution in [1.29, 1.82) is 0 Å². The fraction of sp³-hybridized carbons (Fsp3) is 0.462. The van der Waals surface area contributed by atoms with E-state index in [4.69, 9.17) is 14.2 Å². The van der Waals surface area contributed by atoms with Crippen LogP contribution < -0.4 is 0 Å². The third-order valence-electron chi connectivity index (χ3n) is 3.32. The second kappa shape index (κ2) is 4.90. The summed E-state index contributed by atoms with van der Waals surface area (Å²) in [6, 6.07) is 8.45. The van der Waals surface area contributed by atoms with Crippen LogP contribution in [0.2, 0.25) is 0 Å². The predicted molar refractivity (Wildman–Crippen MR) is 62.3 cm³/mol. The Labute approximate surface area is 109 Å². The highest BCUT2D eigenvalue weighted by molar-refractivity contribution is 5.89. The lowest BCUT2D eigenvalue weighted by atomic mass is 10.0. The number of rotatable bonds is 2. The van der Waals surface area contributed by atoms with Gasteiger partial charge in [0, 0.05) is 0 Å². The summed E-state index contributed by atoms with van der Waals surface area (Å²) in [6.07, 6.45) is -4.74. The van der Waals surface area contributed by atoms with Gasteiger partial charge in [0.1, 0.15) is 18.3 Å². The molecule has 6 nitrogen and oxygen atoms in total. The van der Waals surface area contributed by atoms with Crippen LogP contribution in [0.25, 0.3) is 0 Å². The fourth-order valence-corrected chi connectivity index (χ4v) is 2.28. The second-order valence-corrected chi connectivity index (χ2v) is 4.59. The van der Waals surface area contributed by atoms with Crippen LogP contribution in [0, 0.1) is 0 Å². The average Bonchev–Trinajstić information content (AvgIpc) is 2.89. The van der Waals surface area contributed by atoms with Crippen LogP contribution in [-0.4, -0.2) is 53.5 Å². The molecule has 2 bridgehead atoms. The Morgan fingerprint density at radius 1 is 1.21 bits per heavy atom. The topological polar surface area (TPSA) is 85.2 Å². The molecule has 2 aliphatic heterocycles. The minimum Gasteiger partial charge on any atom is -0.453 e. The molecule has 2 heterocycles. The molecule has 0 aliphatic carbocycles. The highest BCUT2D eigenvalue weighted by Gasteiger charge is 2.51. The molecule has 0 saturated carbocycles. The van der Waals surface area contributed by atoms with Crippen LogP contribution in [0.3, 0.4) is 0 Å². The van der Waals surface area contributed by atoms with E-state index in [9.17, 15) is 15.0 Å². The summed E-state index contributed by atoms with van der Waals surface area (Å²) in [6.45, 7) is 0.186. The minimum absolute atomic E-state index is 0.186. The van der Waals surface area contributed by atoms with Gasteiger partial charge in [0.25, 0.3) is 0 Å². The molecular formula is C13H14O6. The Kier molecular flexibility index (Phi) is 3.24. The number of ether oxygens (including phenoxy) is 3. The lowest BCUT2D eigenvalue weighted by molar-refractivity contribution is -0.228. The van der Waals surface area contributed by atoms with Crippen molar-refractivity contribution in [3.8, 4) is 0 Å². The molecule has 0 radical (unpaired) electrons. The predicted octanol–water partition coefficient (Wildman–Crippen LogP) is -0.311.